The van der Waals surface area contributed by atoms with Crippen LogP contribution in [0, 0.1) is 25.2 Å². The van der Waals surface area contributed by atoms with Gasteiger partial charge in [-0.15, -0.1) is 0 Å². The lowest BCUT2D eigenvalue weighted by atomic mass is 9.63. The minimum atomic E-state index is -4.43. The summed E-state index contributed by atoms with van der Waals surface area (Å²) < 4.78 is 42.1. The molecule has 0 radical (unpaired) electrons. The van der Waals surface area contributed by atoms with Crippen molar-refractivity contribution in [2.45, 2.75) is 78.8 Å². The molecule has 2 aliphatic rings. The van der Waals surface area contributed by atoms with Crippen LogP contribution in [0.4, 0.5) is 19.0 Å². The maximum atomic E-state index is 13.7. The summed E-state index contributed by atoms with van der Waals surface area (Å²) in [7, 11) is 0. The maximum absolute atomic E-state index is 13.7. The van der Waals surface area contributed by atoms with Crippen molar-refractivity contribution in [2.75, 3.05) is 0 Å². The molecule has 1 aliphatic carbocycles. The van der Waals surface area contributed by atoms with E-state index in [9.17, 15) is 18.0 Å². The summed E-state index contributed by atoms with van der Waals surface area (Å²) in [5.74, 6) is -0.235. The average molecular weight is 522 g/mol. The second-order valence-electron chi connectivity index (χ2n) is 12.6. The van der Waals surface area contributed by atoms with E-state index in [-0.39, 0.29) is 16.6 Å². The summed E-state index contributed by atoms with van der Waals surface area (Å²) in [5.41, 5.74) is 4.87. The zero-order valence-electron chi connectivity index (χ0n) is 23.0. The topological polar surface area (TPSA) is 47.2 Å². The van der Waals surface area contributed by atoms with Crippen LogP contribution in [-0.2, 0) is 16.4 Å². The fourth-order valence-corrected chi connectivity index (χ4v) is 5.96. The highest BCUT2D eigenvalue weighted by Gasteiger charge is 2.49. The number of carbonyl (C=O) groups excluding carboxylic acids is 1. The van der Waals surface area contributed by atoms with Gasteiger partial charge in [0.1, 0.15) is 5.78 Å². The fourth-order valence-electron chi connectivity index (χ4n) is 5.96. The Kier molecular flexibility index (Phi) is 6.01. The number of aryl methyl sites for hydroxylation is 1. The molecule has 38 heavy (non-hydrogen) atoms. The molecule has 5 rings (SSSR count). The first-order chi connectivity index (χ1) is 17.6. The second kappa shape index (κ2) is 8.65. The van der Waals surface area contributed by atoms with Crippen molar-refractivity contribution in [2.24, 2.45) is 16.3 Å². The Morgan fingerprint density at radius 2 is 1.61 bits per heavy atom. The molecular weight excluding hydrogens is 487 g/mol. The van der Waals surface area contributed by atoms with Gasteiger partial charge in [-0.05, 0) is 60.6 Å². The molecule has 0 saturated heterocycles. The number of hydrogen-bond acceptors (Lipinski definition) is 3. The lowest BCUT2D eigenvalue weighted by Gasteiger charge is -2.41. The Morgan fingerprint density at radius 3 is 2.21 bits per heavy atom. The molecule has 2 atom stereocenters. The first kappa shape index (κ1) is 26.4. The van der Waals surface area contributed by atoms with Gasteiger partial charge >= 0.3 is 6.18 Å². The van der Waals surface area contributed by atoms with E-state index in [0.29, 0.717) is 24.2 Å². The largest absolute Gasteiger partial charge is 0.416 e. The molecule has 2 unspecified atom stereocenters. The standard InChI is InChI=1S/C31H34F3N3O/c1-17-9-8-10-22(18(17)2)37-28-26(27(36-37)29(3,4)5)24(19-11-13-20(14-12-19)31(32,33)34)25-21(35-28)15-30(6,7)16-23(25)38/h8-14,24-25H,15-16H2,1-7H3. The Morgan fingerprint density at radius 1 is 0.947 bits per heavy atom. The number of aromatic nitrogens is 2. The number of benzene rings is 2. The molecule has 4 nitrogen and oxygen atoms in total. The Labute approximate surface area is 222 Å². The van der Waals surface area contributed by atoms with E-state index in [0.717, 1.165) is 45.9 Å². The Bertz CT molecular complexity index is 1450. The summed E-state index contributed by atoms with van der Waals surface area (Å²) in [6, 6.07) is 11.3. The van der Waals surface area contributed by atoms with E-state index < -0.39 is 23.6 Å². The summed E-state index contributed by atoms with van der Waals surface area (Å²) >= 11 is 0. The van der Waals surface area contributed by atoms with Gasteiger partial charge < -0.3 is 0 Å². The first-order valence-electron chi connectivity index (χ1n) is 13.1. The minimum Gasteiger partial charge on any atom is -0.299 e. The van der Waals surface area contributed by atoms with Gasteiger partial charge in [-0.3, -0.25) is 4.79 Å². The van der Waals surface area contributed by atoms with Crippen molar-refractivity contribution in [1.82, 2.24) is 9.78 Å². The van der Waals surface area contributed by atoms with E-state index in [1.807, 2.05) is 16.8 Å². The lowest BCUT2D eigenvalue weighted by Crippen LogP contribution is -2.42. The molecule has 7 heteroatoms. The summed E-state index contributed by atoms with van der Waals surface area (Å²) in [6.45, 7) is 14.4. The Balaban J connectivity index is 1.83. The highest BCUT2D eigenvalue weighted by Crippen LogP contribution is 2.52. The number of alkyl halides is 3. The van der Waals surface area contributed by atoms with Gasteiger partial charge in [-0.25, -0.2) is 9.67 Å². The number of rotatable bonds is 2. The van der Waals surface area contributed by atoms with Crippen LogP contribution in [0.2, 0.25) is 0 Å². The van der Waals surface area contributed by atoms with Crippen molar-refractivity contribution in [3.8, 4) is 5.69 Å². The zero-order valence-corrected chi connectivity index (χ0v) is 23.0. The quantitative estimate of drug-likeness (QED) is 0.343. The maximum Gasteiger partial charge on any atom is 0.416 e. The molecule has 2 heterocycles. The lowest BCUT2D eigenvalue weighted by molar-refractivity contribution is -0.137. The monoisotopic (exact) mass is 521 g/mol. The van der Waals surface area contributed by atoms with Gasteiger partial charge in [-0.2, -0.15) is 18.3 Å². The van der Waals surface area contributed by atoms with Gasteiger partial charge in [-0.1, -0.05) is 58.9 Å². The third-order valence-corrected chi connectivity index (χ3v) is 7.92. The second-order valence-corrected chi connectivity index (χ2v) is 12.6. The molecule has 1 aromatic heterocycles. The van der Waals surface area contributed by atoms with Crippen LogP contribution < -0.4 is 0 Å². The smallest absolute Gasteiger partial charge is 0.299 e. The van der Waals surface area contributed by atoms with Crippen molar-refractivity contribution in [3.05, 3.63) is 76.0 Å². The number of hydrogen-bond donors (Lipinski definition) is 0. The number of carbonyl (C=O) groups is 1. The van der Waals surface area contributed by atoms with Crippen LogP contribution in [0.1, 0.15) is 86.9 Å². The number of fused-ring (bicyclic) bond motifs is 2. The minimum absolute atomic E-state index is 0.0786. The molecule has 1 aliphatic heterocycles. The predicted octanol–water partition coefficient (Wildman–Crippen LogP) is 8.03. The molecule has 0 N–H and O–H groups in total. The van der Waals surface area contributed by atoms with Gasteiger partial charge in [0.15, 0.2) is 5.82 Å². The van der Waals surface area contributed by atoms with Crippen molar-refractivity contribution < 1.29 is 18.0 Å². The third kappa shape index (κ3) is 4.40. The highest BCUT2D eigenvalue weighted by atomic mass is 19.4. The third-order valence-electron chi connectivity index (χ3n) is 7.92. The van der Waals surface area contributed by atoms with Gasteiger partial charge in [0.25, 0.3) is 0 Å². The molecule has 0 spiro atoms. The normalized spacial score (nSPS) is 21.1. The molecule has 2 aromatic carbocycles. The van der Waals surface area contributed by atoms with E-state index in [2.05, 4.69) is 54.5 Å². The van der Waals surface area contributed by atoms with E-state index in [1.54, 1.807) is 0 Å². The molecule has 0 bridgehead atoms. The van der Waals surface area contributed by atoms with Crippen molar-refractivity contribution in [1.29, 1.82) is 0 Å². The van der Waals surface area contributed by atoms with Gasteiger partial charge in [0.2, 0.25) is 0 Å². The summed E-state index contributed by atoms with van der Waals surface area (Å²) in [5, 5.41) is 5.11. The van der Waals surface area contributed by atoms with Gasteiger partial charge in [0.05, 0.1) is 22.9 Å². The number of ketones is 1. The highest BCUT2D eigenvalue weighted by molar-refractivity contribution is 6.11. The molecule has 200 valence electrons. The molecule has 3 aromatic rings. The number of nitrogens with zero attached hydrogens (tertiary/aromatic N) is 3. The van der Waals surface area contributed by atoms with Crippen LogP contribution in [0.15, 0.2) is 47.5 Å². The average Bonchev–Trinajstić information content (AvgIpc) is 3.18. The van der Waals surface area contributed by atoms with Crippen LogP contribution in [0.25, 0.3) is 5.69 Å². The van der Waals surface area contributed by atoms with Crippen molar-refractivity contribution >= 4 is 17.3 Å². The summed E-state index contributed by atoms with van der Waals surface area (Å²) in [6.07, 6.45) is -3.39. The first-order valence-corrected chi connectivity index (χ1v) is 13.1. The van der Waals surface area contributed by atoms with Crippen LogP contribution in [-0.4, -0.2) is 21.3 Å². The van der Waals surface area contributed by atoms with E-state index >= 15 is 0 Å². The van der Waals surface area contributed by atoms with E-state index in [4.69, 9.17) is 10.1 Å². The molecule has 1 saturated carbocycles. The van der Waals surface area contributed by atoms with E-state index in [1.165, 1.54) is 12.1 Å². The van der Waals surface area contributed by atoms with Gasteiger partial charge in [0, 0.05) is 29.0 Å². The predicted molar refractivity (Wildman–Crippen MR) is 144 cm³/mol. The Hall–Kier alpha value is -3.22. The molecule has 0 amide bonds. The molecular formula is C31H34F3N3O. The SMILES string of the molecule is Cc1cccc(-n2nc(C(C)(C)C)c3c2N=C2CC(C)(C)CC(=O)C2C3c2ccc(C(F)(F)F)cc2)c1C. The number of Topliss-reactive ketones (excluding diaryl/α,β-unsaturated/α-hetero) is 1. The van der Waals surface area contributed by atoms with Crippen LogP contribution in [0.5, 0.6) is 0 Å². The van der Waals surface area contributed by atoms with Crippen molar-refractivity contribution in [3.63, 3.8) is 0 Å². The van der Waals surface area contributed by atoms with Crippen LogP contribution in [0.3, 0.4) is 0 Å². The van der Waals surface area contributed by atoms with Crippen LogP contribution >= 0.6 is 0 Å². The zero-order chi connectivity index (χ0) is 27.8. The molecule has 1 fully saturated rings. The number of halogens is 3. The number of aliphatic imine (C=N–C) groups is 1. The fraction of sp³-hybridized carbons (Fsp3) is 0.452. The summed E-state index contributed by atoms with van der Waals surface area (Å²) in [4.78, 5) is 18.9.